The molecule has 0 aromatic heterocycles. The van der Waals surface area contributed by atoms with Gasteiger partial charge in [0.25, 0.3) is 0 Å². The summed E-state index contributed by atoms with van der Waals surface area (Å²) >= 11 is 0. The minimum atomic E-state index is -3.75. The first kappa shape index (κ1) is 16.2. The number of hydrogen-bond acceptors (Lipinski definition) is 4. The van der Waals surface area contributed by atoms with E-state index in [0.29, 0.717) is 0 Å². The number of β-lactam (4-membered cyclic amide) rings is 1. The van der Waals surface area contributed by atoms with E-state index in [0.717, 1.165) is 5.56 Å². The second-order valence-electron chi connectivity index (χ2n) is 5.49. The van der Waals surface area contributed by atoms with E-state index in [1.54, 1.807) is 42.5 Å². The molecule has 2 atom stereocenters. The van der Waals surface area contributed by atoms with Crippen LogP contribution in [-0.4, -0.2) is 31.6 Å². The summed E-state index contributed by atoms with van der Waals surface area (Å²) in [6.07, 6.45) is 0.0860. The molecular formula is C17H16N2O4S. The van der Waals surface area contributed by atoms with Crippen LogP contribution >= 0.6 is 0 Å². The van der Waals surface area contributed by atoms with Gasteiger partial charge in [0.2, 0.25) is 21.7 Å². The maximum atomic E-state index is 12.5. The van der Waals surface area contributed by atoms with Gasteiger partial charge in [0, 0.05) is 0 Å². The third-order valence-electron chi connectivity index (χ3n) is 3.80. The lowest BCUT2D eigenvalue weighted by atomic mass is 10.1. The molecule has 0 spiro atoms. The first-order chi connectivity index (χ1) is 11.5. The van der Waals surface area contributed by atoms with E-state index in [9.17, 15) is 18.0 Å². The molecule has 0 unspecified atom stereocenters. The van der Waals surface area contributed by atoms with Crippen LogP contribution in [0.3, 0.4) is 0 Å². The Bertz CT molecular complexity index is 851. The van der Waals surface area contributed by atoms with Crippen molar-refractivity contribution in [3.8, 4) is 0 Å². The fraction of sp³-hybridized carbons (Fsp3) is 0.176. The number of benzene rings is 2. The van der Waals surface area contributed by atoms with Gasteiger partial charge in [0.1, 0.15) is 6.04 Å². The zero-order valence-corrected chi connectivity index (χ0v) is 13.5. The molecule has 2 aromatic carbocycles. The summed E-state index contributed by atoms with van der Waals surface area (Å²) in [4.78, 5) is 23.9. The number of carbonyl (C=O) groups excluding carboxylic acids is 2. The van der Waals surface area contributed by atoms with Crippen LogP contribution in [-0.2, 0) is 25.8 Å². The monoisotopic (exact) mass is 344 g/mol. The summed E-state index contributed by atoms with van der Waals surface area (Å²) in [5.74, 6) is -0.893. The van der Waals surface area contributed by atoms with Crippen molar-refractivity contribution in [1.82, 2.24) is 10.6 Å². The molecule has 1 aliphatic rings. The Labute approximate surface area is 139 Å². The minimum absolute atomic E-state index is 0.0860. The van der Waals surface area contributed by atoms with E-state index in [1.165, 1.54) is 12.1 Å². The van der Waals surface area contributed by atoms with Crippen LogP contribution in [0, 0.1) is 0 Å². The molecule has 6 nitrogen and oxygen atoms in total. The van der Waals surface area contributed by atoms with Gasteiger partial charge in [-0.2, -0.15) is 0 Å². The lowest BCUT2D eigenvalue weighted by molar-refractivity contribution is -0.134. The van der Waals surface area contributed by atoms with Crippen LogP contribution in [0.5, 0.6) is 0 Å². The third-order valence-corrected chi connectivity index (χ3v) is 5.79. The van der Waals surface area contributed by atoms with Gasteiger partial charge in [0.15, 0.2) is 5.37 Å². The van der Waals surface area contributed by atoms with Crippen molar-refractivity contribution in [1.29, 1.82) is 0 Å². The van der Waals surface area contributed by atoms with Crippen LogP contribution in [0.15, 0.2) is 65.6 Å². The van der Waals surface area contributed by atoms with Gasteiger partial charge < -0.3 is 10.6 Å². The maximum Gasteiger partial charge on any atom is 0.246 e. The van der Waals surface area contributed by atoms with Crippen LogP contribution in [0.1, 0.15) is 5.56 Å². The highest BCUT2D eigenvalue weighted by molar-refractivity contribution is 7.92. The smallest absolute Gasteiger partial charge is 0.246 e. The summed E-state index contributed by atoms with van der Waals surface area (Å²) in [6, 6.07) is 15.8. The molecule has 1 saturated heterocycles. The molecule has 3 rings (SSSR count). The highest BCUT2D eigenvalue weighted by Crippen LogP contribution is 2.21. The number of hydrogen-bond donors (Lipinski definition) is 2. The van der Waals surface area contributed by atoms with Gasteiger partial charge in [-0.25, -0.2) is 8.42 Å². The van der Waals surface area contributed by atoms with Crippen LogP contribution in [0.2, 0.25) is 0 Å². The van der Waals surface area contributed by atoms with Crippen LogP contribution in [0.25, 0.3) is 0 Å². The number of carbonyl (C=O) groups is 2. The Balaban J connectivity index is 1.71. The first-order valence-electron chi connectivity index (χ1n) is 7.41. The first-order valence-corrected chi connectivity index (χ1v) is 8.96. The van der Waals surface area contributed by atoms with Crippen molar-refractivity contribution in [3.63, 3.8) is 0 Å². The molecule has 2 amide bonds. The summed E-state index contributed by atoms with van der Waals surface area (Å²) < 4.78 is 25.1. The predicted octanol–water partition coefficient (Wildman–Crippen LogP) is 0.644. The standard InChI is InChI=1S/C17H16N2O4S/c20-14(11-12-7-3-1-4-8-12)18-15-16(21)19-17(15)24(22,23)13-9-5-2-6-10-13/h1-10,15,17H,11H2,(H,18,20)(H,19,21)/t15-,17+/m0/s1. The van der Waals surface area contributed by atoms with Crippen molar-refractivity contribution in [2.75, 3.05) is 0 Å². The number of sulfone groups is 1. The summed E-state index contributed by atoms with van der Waals surface area (Å²) in [7, 11) is -3.75. The largest absolute Gasteiger partial charge is 0.341 e. The van der Waals surface area contributed by atoms with Crippen LogP contribution in [0.4, 0.5) is 0 Å². The van der Waals surface area contributed by atoms with Crippen molar-refractivity contribution in [2.45, 2.75) is 22.7 Å². The third kappa shape index (κ3) is 3.16. The Morgan fingerprint density at radius 1 is 1.00 bits per heavy atom. The topological polar surface area (TPSA) is 92.3 Å². The van der Waals surface area contributed by atoms with E-state index in [2.05, 4.69) is 10.6 Å². The van der Waals surface area contributed by atoms with Gasteiger partial charge in [-0.3, -0.25) is 9.59 Å². The Morgan fingerprint density at radius 3 is 2.17 bits per heavy atom. The van der Waals surface area contributed by atoms with Gasteiger partial charge in [-0.15, -0.1) is 0 Å². The number of rotatable bonds is 5. The highest BCUT2D eigenvalue weighted by Gasteiger charge is 2.48. The molecule has 1 aliphatic heterocycles. The Morgan fingerprint density at radius 2 is 1.58 bits per heavy atom. The quantitative estimate of drug-likeness (QED) is 0.779. The van der Waals surface area contributed by atoms with Gasteiger partial charge in [-0.05, 0) is 17.7 Å². The molecule has 0 saturated carbocycles. The molecule has 124 valence electrons. The van der Waals surface area contributed by atoms with Crippen molar-refractivity contribution in [3.05, 3.63) is 66.2 Å². The Hall–Kier alpha value is -2.67. The highest BCUT2D eigenvalue weighted by atomic mass is 32.2. The molecule has 24 heavy (non-hydrogen) atoms. The molecule has 0 radical (unpaired) electrons. The fourth-order valence-corrected chi connectivity index (χ4v) is 4.17. The van der Waals surface area contributed by atoms with E-state index < -0.39 is 33.1 Å². The summed E-state index contributed by atoms with van der Waals surface area (Å²) in [5.41, 5.74) is 0.789. The zero-order chi connectivity index (χ0) is 17.2. The van der Waals surface area contributed by atoms with Crippen molar-refractivity contribution >= 4 is 21.7 Å². The van der Waals surface area contributed by atoms with E-state index in [1.807, 2.05) is 6.07 Å². The molecule has 0 aliphatic carbocycles. The maximum absolute atomic E-state index is 12.5. The van der Waals surface area contributed by atoms with Crippen molar-refractivity contribution < 1.29 is 18.0 Å². The zero-order valence-electron chi connectivity index (χ0n) is 12.7. The molecule has 7 heteroatoms. The minimum Gasteiger partial charge on any atom is -0.341 e. The molecule has 0 bridgehead atoms. The molecular weight excluding hydrogens is 328 g/mol. The SMILES string of the molecule is O=C(Cc1ccccc1)N[C@H]1C(=O)N[C@@H]1S(=O)(=O)c1ccccc1. The lowest BCUT2D eigenvalue weighted by Crippen LogP contribution is -2.71. The van der Waals surface area contributed by atoms with E-state index >= 15 is 0 Å². The van der Waals surface area contributed by atoms with Crippen LogP contribution < -0.4 is 10.6 Å². The normalized spacial score (nSPS) is 19.9. The molecule has 1 fully saturated rings. The lowest BCUT2D eigenvalue weighted by Gasteiger charge is -2.36. The number of nitrogens with one attached hydrogen (secondary N) is 2. The fourth-order valence-electron chi connectivity index (χ4n) is 2.52. The van der Waals surface area contributed by atoms with Gasteiger partial charge in [0.05, 0.1) is 11.3 Å². The second kappa shape index (κ2) is 6.45. The van der Waals surface area contributed by atoms with Crippen molar-refractivity contribution in [2.24, 2.45) is 0 Å². The van der Waals surface area contributed by atoms with Gasteiger partial charge >= 0.3 is 0 Å². The average molecular weight is 344 g/mol. The molecule has 2 aromatic rings. The second-order valence-corrected chi connectivity index (χ2v) is 7.56. The molecule has 2 N–H and O–H groups in total. The number of amides is 2. The van der Waals surface area contributed by atoms with E-state index in [-0.39, 0.29) is 11.3 Å². The Kier molecular flexibility index (Phi) is 4.35. The van der Waals surface area contributed by atoms with Gasteiger partial charge in [-0.1, -0.05) is 48.5 Å². The summed E-state index contributed by atoms with van der Waals surface area (Å²) in [6.45, 7) is 0. The predicted molar refractivity (Wildman–Crippen MR) is 87.6 cm³/mol. The molecule has 1 heterocycles. The average Bonchev–Trinajstić information content (AvgIpc) is 2.59. The summed E-state index contributed by atoms with van der Waals surface area (Å²) in [5, 5.41) is 3.72. The van der Waals surface area contributed by atoms with E-state index in [4.69, 9.17) is 0 Å².